The number of carbonyl (C=O) groups excluding carboxylic acids is 3. The molecule has 1 aliphatic rings. The molecule has 6 heteroatoms. The molecular weight excluding hydrogens is 354 g/mol. The van der Waals surface area contributed by atoms with Crippen LogP contribution >= 0.6 is 0 Å². The van der Waals surface area contributed by atoms with E-state index < -0.39 is 0 Å². The van der Waals surface area contributed by atoms with Gasteiger partial charge in [0.1, 0.15) is 0 Å². The summed E-state index contributed by atoms with van der Waals surface area (Å²) < 4.78 is 0. The van der Waals surface area contributed by atoms with E-state index >= 15 is 0 Å². The van der Waals surface area contributed by atoms with Crippen LogP contribution in [0.15, 0.2) is 66.8 Å². The van der Waals surface area contributed by atoms with Gasteiger partial charge in [0.15, 0.2) is 0 Å². The van der Waals surface area contributed by atoms with Gasteiger partial charge in [-0.05, 0) is 54.8 Å². The van der Waals surface area contributed by atoms with E-state index in [0.717, 1.165) is 16.8 Å². The van der Waals surface area contributed by atoms with Crippen LogP contribution in [0.25, 0.3) is 6.08 Å². The van der Waals surface area contributed by atoms with Crippen molar-refractivity contribution in [2.45, 2.75) is 13.3 Å². The van der Waals surface area contributed by atoms with Gasteiger partial charge >= 0.3 is 6.03 Å². The van der Waals surface area contributed by atoms with Crippen LogP contribution in [0.4, 0.5) is 16.2 Å². The predicted molar refractivity (Wildman–Crippen MR) is 110 cm³/mol. The van der Waals surface area contributed by atoms with Crippen LogP contribution in [-0.4, -0.2) is 29.3 Å². The smallest absolute Gasteiger partial charge is 0.308 e. The highest BCUT2D eigenvalue weighted by Crippen LogP contribution is 2.15. The van der Waals surface area contributed by atoms with Crippen molar-refractivity contribution in [1.82, 2.24) is 4.90 Å². The molecule has 0 unspecified atom stereocenters. The van der Waals surface area contributed by atoms with E-state index in [0.29, 0.717) is 18.7 Å². The second kappa shape index (κ2) is 8.81. The number of imide groups is 1. The quantitative estimate of drug-likeness (QED) is 0.794. The van der Waals surface area contributed by atoms with Crippen molar-refractivity contribution in [3.63, 3.8) is 0 Å². The summed E-state index contributed by atoms with van der Waals surface area (Å²) in [5, 5.41) is 5.57. The highest BCUT2D eigenvalue weighted by molar-refractivity contribution is 6.07. The Kier molecular flexibility index (Phi) is 6.01. The first-order valence-corrected chi connectivity index (χ1v) is 8.97. The number of anilines is 2. The maximum atomic E-state index is 12.1. The Bertz CT molecular complexity index is 946. The molecule has 4 amide bonds. The van der Waals surface area contributed by atoms with Crippen LogP contribution in [0.1, 0.15) is 17.5 Å². The fraction of sp³-hybridized carbons (Fsp3) is 0.136. The minimum absolute atomic E-state index is 0.292. The zero-order chi connectivity index (χ0) is 19.9. The highest BCUT2D eigenvalue weighted by atomic mass is 16.2. The van der Waals surface area contributed by atoms with Gasteiger partial charge in [0, 0.05) is 24.0 Å². The summed E-state index contributed by atoms with van der Waals surface area (Å²) in [6.45, 7) is 2.32. The molecular formula is C22H21N3O3. The van der Waals surface area contributed by atoms with Crippen molar-refractivity contribution in [1.29, 1.82) is 0 Å². The Morgan fingerprint density at radius 2 is 1.79 bits per heavy atom. The number of amides is 4. The molecule has 2 N–H and O–H groups in total. The summed E-state index contributed by atoms with van der Waals surface area (Å²) in [6, 6.07) is 14.3. The van der Waals surface area contributed by atoms with Crippen molar-refractivity contribution >= 4 is 35.3 Å². The summed E-state index contributed by atoms with van der Waals surface area (Å²) in [6.07, 6.45) is 6.88. The van der Waals surface area contributed by atoms with Crippen LogP contribution < -0.4 is 10.6 Å². The van der Waals surface area contributed by atoms with Crippen LogP contribution in [0, 0.1) is 6.92 Å². The number of rotatable bonds is 4. The van der Waals surface area contributed by atoms with Crippen molar-refractivity contribution in [2.75, 3.05) is 17.2 Å². The maximum Gasteiger partial charge on any atom is 0.323 e. The molecule has 0 spiro atoms. The zero-order valence-electron chi connectivity index (χ0n) is 15.5. The first-order valence-electron chi connectivity index (χ1n) is 8.97. The van der Waals surface area contributed by atoms with Gasteiger partial charge in [-0.25, -0.2) is 4.79 Å². The van der Waals surface area contributed by atoms with Crippen molar-refractivity contribution in [2.24, 2.45) is 0 Å². The van der Waals surface area contributed by atoms with Gasteiger partial charge in [0.2, 0.25) is 0 Å². The molecule has 0 bridgehead atoms. The molecule has 0 aliphatic carbocycles. The summed E-state index contributed by atoms with van der Waals surface area (Å²) in [7, 11) is 0. The second-order valence-electron chi connectivity index (χ2n) is 6.37. The lowest BCUT2D eigenvalue weighted by Crippen LogP contribution is -2.37. The fourth-order valence-electron chi connectivity index (χ4n) is 2.74. The normalized spacial score (nSPS) is 13.6. The van der Waals surface area contributed by atoms with Crippen LogP contribution in [-0.2, 0) is 9.59 Å². The topological polar surface area (TPSA) is 78.5 Å². The van der Waals surface area contributed by atoms with Crippen LogP contribution in [0.3, 0.4) is 0 Å². The van der Waals surface area contributed by atoms with Gasteiger partial charge in [-0.1, -0.05) is 36.4 Å². The largest absolute Gasteiger partial charge is 0.323 e. The summed E-state index contributed by atoms with van der Waals surface area (Å²) in [5.41, 5.74) is 3.15. The number of nitrogens with one attached hydrogen (secondary N) is 2. The first kappa shape index (κ1) is 19.1. The van der Waals surface area contributed by atoms with Gasteiger partial charge in [0.05, 0.1) is 0 Å². The van der Waals surface area contributed by atoms with E-state index in [-0.39, 0.29) is 17.8 Å². The third-order valence-corrected chi connectivity index (χ3v) is 4.29. The molecule has 0 fully saturated rings. The SMILES string of the molecule is Cc1ccccc1NC(=O)Nc1ccc(/C=C/C(=O)N2CCC=CC2=O)cc1. The Labute approximate surface area is 163 Å². The Morgan fingerprint density at radius 1 is 1.04 bits per heavy atom. The fourth-order valence-corrected chi connectivity index (χ4v) is 2.74. The Balaban J connectivity index is 1.56. The molecule has 28 heavy (non-hydrogen) atoms. The minimum atomic E-state index is -0.339. The monoisotopic (exact) mass is 375 g/mol. The van der Waals surface area contributed by atoms with E-state index in [4.69, 9.17) is 0 Å². The van der Waals surface area contributed by atoms with Crippen LogP contribution in [0.5, 0.6) is 0 Å². The molecule has 2 aromatic rings. The van der Waals surface area contributed by atoms with Crippen LogP contribution in [0.2, 0.25) is 0 Å². The average Bonchev–Trinajstić information content (AvgIpc) is 2.69. The highest BCUT2D eigenvalue weighted by Gasteiger charge is 2.18. The molecule has 1 aliphatic heterocycles. The van der Waals surface area contributed by atoms with Crippen molar-refractivity contribution in [3.05, 3.63) is 77.9 Å². The molecule has 6 nitrogen and oxygen atoms in total. The Hall–Kier alpha value is -3.67. The summed E-state index contributed by atoms with van der Waals surface area (Å²) >= 11 is 0. The molecule has 3 rings (SSSR count). The number of nitrogens with zero attached hydrogens (tertiary/aromatic N) is 1. The lowest BCUT2D eigenvalue weighted by Gasteiger charge is -2.19. The van der Waals surface area contributed by atoms with Crippen molar-refractivity contribution < 1.29 is 14.4 Å². The van der Waals surface area contributed by atoms with E-state index in [2.05, 4.69) is 10.6 Å². The lowest BCUT2D eigenvalue weighted by molar-refractivity contribution is -0.139. The van der Waals surface area contributed by atoms with Gasteiger partial charge in [-0.2, -0.15) is 0 Å². The molecule has 2 aromatic carbocycles. The minimum Gasteiger partial charge on any atom is -0.308 e. The number of para-hydroxylation sites is 1. The van der Waals surface area contributed by atoms with Gasteiger partial charge in [0.25, 0.3) is 11.8 Å². The zero-order valence-corrected chi connectivity index (χ0v) is 15.5. The van der Waals surface area contributed by atoms with E-state index in [1.54, 1.807) is 36.4 Å². The molecule has 1 heterocycles. The Morgan fingerprint density at radius 3 is 2.50 bits per heavy atom. The molecule has 142 valence electrons. The van der Waals surface area contributed by atoms with Gasteiger partial charge in [-0.15, -0.1) is 0 Å². The third-order valence-electron chi connectivity index (χ3n) is 4.29. The average molecular weight is 375 g/mol. The van der Waals surface area contributed by atoms with Gasteiger partial charge < -0.3 is 10.6 Å². The van der Waals surface area contributed by atoms with E-state index in [9.17, 15) is 14.4 Å². The number of benzene rings is 2. The predicted octanol–water partition coefficient (Wildman–Crippen LogP) is 3.97. The molecule has 0 atom stereocenters. The van der Waals surface area contributed by atoms with E-state index in [1.165, 1.54) is 17.1 Å². The molecule has 0 radical (unpaired) electrons. The van der Waals surface area contributed by atoms with Gasteiger partial charge in [-0.3, -0.25) is 14.5 Å². The molecule has 0 saturated carbocycles. The standard InChI is InChI=1S/C22H21N3O3/c1-16-6-2-3-7-19(16)24-22(28)23-18-12-9-17(10-13-18)11-14-21(27)25-15-5-4-8-20(25)26/h2-4,6-14H,5,15H2,1H3,(H2,23,24,28)/b14-11+. The van der Waals surface area contributed by atoms with Crippen molar-refractivity contribution in [3.8, 4) is 0 Å². The number of carbonyl (C=O) groups is 3. The van der Waals surface area contributed by atoms with E-state index in [1.807, 2.05) is 31.2 Å². The number of aryl methyl sites for hydroxylation is 1. The summed E-state index contributed by atoms with van der Waals surface area (Å²) in [5.74, 6) is -0.630. The first-order chi connectivity index (χ1) is 13.5. The number of hydrogen-bond donors (Lipinski definition) is 2. The lowest BCUT2D eigenvalue weighted by atomic mass is 10.2. The number of hydrogen-bond acceptors (Lipinski definition) is 3. The number of urea groups is 1. The third kappa shape index (κ3) is 4.94. The molecule has 0 saturated heterocycles. The molecule has 0 aromatic heterocycles. The maximum absolute atomic E-state index is 12.1. The second-order valence-corrected chi connectivity index (χ2v) is 6.37. The summed E-state index contributed by atoms with van der Waals surface area (Å²) in [4.78, 5) is 37.1.